The zero-order valence-corrected chi connectivity index (χ0v) is 12.8. The van der Waals surface area contributed by atoms with Crippen LogP contribution >= 0.6 is 0 Å². The number of nitro benzene ring substituents is 1. The molecule has 0 radical (unpaired) electrons. The number of aromatic hydroxyl groups is 1. The molecule has 0 unspecified atom stereocenters. The summed E-state index contributed by atoms with van der Waals surface area (Å²) in [5.41, 5.74) is 0.765. The molecular weight excluding hydrogens is 310 g/mol. The summed E-state index contributed by atoms with van der Waals surface area (Å²) in [6.07, 6.45) is 2.48. The van der Waals surface area contributed by atoms with Gasteiger partial charge in [0.2, 0.25) is 5.88 Å². The van der Waals surface area contributed by atoms with E-state index in [9.17, 15) is 20.0 Å². The third kappa shape index (κ3) is 1.94. The predicted molar refractivity (Wildman–Crippen MR) is 88.8 cm³/mol. The Bertz CT molecular complexity index is 1030. The van der Waals surface area contributed by atoms with Crippen molar-refractivity contribution in [2.45, 2.75) is 25.8 Å². The Morgan fingerprint density at radius 1 is 1.08 bits per heavy atom. The first-order valence-electron chi connectivity index (χ1n) is 7.79. The van der Waals surface area contributed by atoms with Gasteiger partial charge in [-0.25, -0.2) is 9.36 Å². The van der Waals surface area contributed by atoms with E-state index in [0.29, 0.717) is 35.1 Å². The van der Waals surface area contributed by atoms with Crippen molar-refractivity contribution >= 4 is 16.5 Å². The molecule has 0 spiro atoms. The summed E-state index contributed by atoms with van der Waals surface area (Å²) in [6.45, 7) is 0.583. The number of imidazole rings is 1. The number of hydrogen-bond acceptors (Lipinski definition) is 4. The molecule has 3 aromatic rings. The normalized spacial score (nSPS) is 13.8. The zero-order chi connectivity index (χ0) is 16.8. The molecule has 24 heavy (non-hydrogen) atoms. The van der Waals surface area contributed by atoms with E-state index in [1.54, 1.807) is 28.8 Å². The van der Waals surface area contributed by atoms with Crippen LogP contribution in [0.15, 0.2) is 41.2 Å². The minimum Gasteiger partial charge on any atom is -0.493 e. The molecule has 122 valence electrons. The Hall–Kier alpha value is -3.09. The predicted octanol–water partition coefficient (Wildman–Crippen LogP) is 2.74. The molecule has 0 saturated carbocycles. The summed E-state index contributed by atoms with van der Waals surface area (Å²) >= 11 is 0. The van der Waals surface area contributed by atoms with Crippen LogP contribution in [0.25, 0.3) is 16.5 Å². The summed E-state index contributed by atoms with van der Waals surface area (Å²) < 4.78 is 2.85. The van der Waals surface area contributed by atoms with Gasteiger partial charge in [0.05, 0.1) is 21.7 Å². The van der Waals surface area contributed by atoms with Gasteiger partial charge in [-0.05, 0) is 31.4 Å². The summed E-state index contributed by atoms with van der Waals surface area (Å²) in [4.78, 5) is 23.5. The standard InChI is InChI=1S/C17H15N3O4/c21-16-15-7-3-4-10-18(15)17(22)19(16)13-8-9-14(20(23)24)12-6-2-1-5-11(12)13/h1-2,5-6,8-9,21H,3-4,7,10H2. The van der Waals surface area contributed by atoms with Gasteiger partial charge >= 0.3 is 5.69 Å². The highest BCUT2D eigenvalue weighted by atomic mass is 16.6. The number of hydrogen-bond donors (Lipinski definition) is 1. The molecule has 0 bridgehead atoms. The van der Waals surface area contributed by atoms with Gasteiger partial charge in [0, 0.05) is 18.0 Å². The van der Waals surface area contributed by atoms with Gasteiger partial charge in [0.1, 0.15) is 0 Å². The molecule has 4 rings (SSSR count). The molecule has 1 aliphatic rings. The number of non-ortho nitro benzene ring substituents is 1. The van der Waals surface area contributed by atoms with Crippen LogP contribution in [0.1, 0.15) is 18.5 Å². The van der Waals surface area contributed by atoms with Crippen molar-refractivity contribution in [2.24, 2.45) is 0 Å². The molecule has 2 aromatic carbocycles. The van der Waals surface area contributed by atoms with Gasteiger partial charge in [0.15, 0.2) is 0 Å². The Kier molecular flexibility index (Phi) is 3.16. The van der Waals surface area contributed by atoms with E-state index in [4.69, 9.17) is 0 Å². The first kappa shape index (κ1) is 14.5. The average molecular weight is 325 g/mol. The molecule has 1 aliphatic heterocycles. The second kappa shape index (κ2) is 5.23. The third-order valence-electron chi connectivity index (χ3n) is 4.58. The molecule has 0 saturated heterocycles. The topological polar surface area (TPSA) is 90.3 Å². The smallest absolute Gasteiger partial charge is 0.335 e. The third-order valence-corrected chi connectivity index (χ3v) is 4.58. The van der Waals surface area contributed by atoms with Crippen molar-refractivity contribution in [1.29, 1.82) is 0 Å². The fraction of sp³-hybridized carbons (Fsp3) is 0.235. The highest BCUT2D eigenvalue weighted by Gasteiger charge is 2.24. The zero-order valence-electron chi connectivity index (χ0n) is 12.8. The second-order valence-electron chi connectivity index (χ2n) is 5.90. The van der Waals surface area contributed by atoms with E-state index in [1.165, 1.54) is 16.7 Å². The van der Waals surface area contributed by atoms with Crippen LogP contribution in [0, 0.1) is 10.1 Å². The SMILES string of the molecule is O=c1n2c(c(O)n1-c1ccc([N+](=O)[O-])c3ccccc13)CCCC2. The minimum absolute atomic E-state index is 0.0224. The van der Waals surface area contributed by atoms with Crippen molar-refractivity contribution < 1.29 is 10.0 Å². The van der Waals surface area contributed by atoms with Gasteiger partial charge in [0.25, 0.3) is 5.69 Å². The summed E-state index contributed by atoms with van der Waals surface area (Å²) in [7, 11) is 0. The lowest BCUT2D eigenvalue weighted by Gasteiger charge is -2.11. The monoisotopic (exact) mass is 325 g/mol. The van der Waals surface area contributed by atoms with Gasteiger partial charge in [-0.3, -0.25) is 14.7 Å². The molecule has 7 heteroatoms. The first-order valence-corrected chi connectivity index (χ1v) is 7.79. The molecule has 1 aromatic heterocycles. The number of aromatic nitrogens is 2. The number of nitrogens with zero attached hydrogens (tertiary/aromatic N) is 3. The van der Waals surface area contributed by atoms with Crippen LogP contribution in [0.3, 0.4) is 0 Å². The highest BCUT2D eigenvalue weighted by Crippen LogP contribution is 2.33. The molecule has 0 aliphatic carbocycles. The molecule has 2 heterocycles. The molecule has 0 amide bonds. The van der Waals surface area contributed by atoms with Crippen molar-refractivity contribution in [2.75, 3.05) is 0 Å². The number of nitro groups is 1. The summed E-state index contributed by atoms with van der Waals surface area (Å²) in [5.74, 6) is -0.0706. The Balaban J connectivity index is 2.06. The summed E-state index contributed by atoms with van der Waals surface area (Å²) in [5, 5.41) is 22.8. The van der Waals surface area contributed by atoms with Crippen LogP contribution < -0.4 is 5.69 Å². The number of benzene rings is 2. The van der Waals surface area contributed by atoms with Crippen LogP contribution in [-0.2, 0) is 13.0 Å². The van der Waals surface area contributed by atoms with Crippen LogP contribution in [0.2, 0.25) is 0 Å². The first-order chi connectivity index (χ1) is 11.6. The second-order valence-corrected chi connectivity index (χ2v) is 5.90. The largest absolute Gasteiger partial charge is 0.493 e. The fourth-order valence-corrected chi connectivity index (χ4v) is 3.45. The maximum absolute atomic E-state index is 12.7. The Morgan fingerprint density at radius 2 is 1.83 bits per heavy atom. The van der Waals surface area contributed by atoms with Gasteiger partial charge in [-0.2, -0.15) is 0 Å². The summed E-state index contributed by atoms with van der Waals surface area (Å²) in [6, 6.07) is 9.74. The fourth-order valence-electron chi connectivity index (χ4n) is 3.45. The van der Waals surface area contributed by atoms with E-state index in [2.05, 4.69) is 0 Å². The maximum atomic E-state index is 12.7. The highest BCUT2D eigenvalue weighted by molar-refractivity contribution is 5.96. The molecular formula is C17H15N3O4. The van der Waals surface area contributed by atoms with E-state index < -0.39 is 4.92 Å². The minimum atomic E-state index is -0.445. The molecule has 1 N–H and O–H groups in total. The van der Waals surface area contributed by atoms with Crippen molar-refractivity contribution in [3.8, 4) is 11.6 Å². The molecule has 0 atom stereocenters. The average Bonchev–Trinajstić information content (AvgIpc) is 2.85. The van der Waals surface area contributed by atoms with Crippen molar-refractivity contribution in [3.63, 3.8) is 0 Å². The van der Waals surface area contributed by atoms with E-state index in [1.807, 2.05) is 0 Å². The van der Waals surface area contributed by atoms with Crippen LogP contribution in [0.5, 0.6) is 5.88 Å². The van der Waals surface area contributed by atoms with Crippen LogP contribution in [-0.4, -0.2) is 19.2 Å². The van der Waals surface area contributed by atoms with Crippen LogP contribution in [0.4, 0.5) is 5.69 Å². The number of rotatable bonds is 2. The number of fused-ring (bicyclic) bond motifs is 2. The molecule has 7 nitrogen and oxygen atoms in total. The lowest BCUT2D eigenvalue weighted by Crippen LogP contribution is -2.26. The van der Waals surface area contributed by atoms with Gasteiger partial charge in [-0.15, -0.1) is 0 Å². The Morgan fingerprint density at radius 3 is 2.54 bits per heavy atom. The lowest BCUT2D eigenvalue weighted by atomic mass is 10.1. The van der Waals surface area contributed by atoms with Gasteiger partial charge in [-0.1, -0.05) is 18.2 Å². The van der Waals surface area contributed by atoms with Crippen molar-refractivity contribution in [3.05, 3.63) is 62.7 Å². The molecule has 0 fully saturated rings. The Labute approximate surface area is 136 Å². The van der Waals surface area contributed by atoms with Crippen molar-refractivity contribution in [1.82, 2.24) is 9.13 Å². The van der Waals surface area contributed by atoms with Gasteiger partial charge < -0.3 is 5.11 Å². The maximum Gasteiger partial charge on any atom is 0.335 e. The quantitative estimate of drug-likeness (QED) is 0.579. The lowest BCUT2D eigenvalue weighted by molar-refractivity contribution is -0.383. The van der Waals surface area contributed by atoms with E-state index in [-0.39, 0.29) is 17.3 Å². The van der Waals surface area contributed by atoms with E-state index >= 15 is 0 Å². The van der Waals surface area contributed by atoms with E-state index in [0.717, 1.165) is 12.8 Å².